The van der Waals surface area contributed by atoms with Crippen LogP contribution < -0.4 is 0 Å². The first-order valence-electron chi connectivity index (χ1n) is 9.17. The smallest absolute Gasteiger partial charge is 0.164 e. The highest BCUT2D eigenvalue weighted by atomic mass is 16.8. The van der Waals surface area contributed by atoms with Crippen LogP contribution in [0.25, 0.3) is 0 Å². The van der Waals surface area contributed by atoms with Crippen molar-refractivity contribution in [3.8, 4) is 0 Å². The fourth-order valence-corrected chi connectivity index (χ4v) is 2.79. The fraction of sp³-hybridized carbons (Fsp3) is 0.619. The van der Waals surface area contributed by atoms with Gasteiger partial charge in [0.25, 0.3) is 0 Å². The zero-order valence-electron chi connectivity index (χ0n) is 16.6. The second-order valence-corrected chi connectivity index (χ2v) is 6.54. The van der Waals surface area contributed by atoms with Crippen molar-refractivity contribution >= 4 is 0 Å². The maximum absolute atomic E-state index is 6.15. The van der Waals surface area contributed by atoms with Crippen LogP contribution in [-0.4, -0.2) is 69.8 Å². The van der Waals surface area contributed by atoms with Gasteiger partial charge in [-0.2, -0.15) is 0 Å². The van der Waals surface area contributed by atoms with Gasteiger partial charge in [-0.1, -0.05) is 24.3 Å². The third kappa shape index (κ3) is 8.51. The molecule has 4 unspecified atom stereocenters. The molecule has 154 valence electrons. The van der Waals surface area contributed by atoms with E-state index >= 15 is 0 Å². The zero-order chi connectivity index (χ0) is 20.1. The Bertz CT molecular complexity index is 422. The summed E-state index contributed by atoms with van der Waals surface area (Å²) in [5.41, 5.74) is 0. The molecule has 0 aromatic heterocycles. The lowest BCUT2D eigenvalue weighted by molar-refractivity contribution is -0.169. The Hall–Kier alpha value is -1.28. The van der Waals surface area contributed by atoms with Gasteiger partial charge in [-0.15, -0.1) is 26.3 Å². The van der Waals surface area contributed by atoms with Crippen molar-refractivity contribution in [3.05, 3.63) is 50.6 Å². The molecule has 0 spiro atoms. The summed E-state index contributed by atoms with van der Waals surface area (Å²) in [4.78, 5) is 0. The van der Waals surface area contributed by atoms with Crippen LogP contribution in [0.4, 0.5) is 0 Å². The van der Waals surface area contributed by atoms with Crippen LogP contribution in [0, 0.1) is 0 Å². The molecule has 0 N–H and O–H groups in total. The molecule has 0 aromatic rings. The Balaban J connectivity index is 2.95. The first-order chi connectivity index (χ1) is 13.0. The highest BCUT2D eigenvalue weighted by molar-refractivity contribution is 4.93. The average molecular weight is 382 g/mol. The van der Waals surface area contributed by atoms with Gasteiger partial charge in [-0.3, -0.25) is 0 Å². The molecule has 0 saturated carbocycles. The summed E-state index contributed by atoms with van der Waals surface area (Å²) in [6.45, 7) is 20.8. The van der Waals surface area contributed by atoms with Crippen molar-refractivity contribution in [2.45, 2.75) is 44.1 Å². The summed E-state index contributed by atoms with van der Waals surface area (Å²) in [6.07, 6.45) is 5.26. The van der Waals surface area contributed by atoms with E-state index in [-0.39, 0.29) is 12.2 Å². The predicted octanol–water partition coefficient (Wildman–Crippen LogP) is 3.05. The van der Waals surface area contributed by atoms with Gasteiger partial charge in [0.1, 0.15) is 24.4 Å². The minimum Gasteiger partial charge on any atom is -0.375 e. The normalized spacial score (nSPS) is 23.5. The summed E-state index contributed by atoms with van der Waals surface area (Å²) in [5.74, 6) is -0.780. The number of rotatable bonds is 16. The Kier molecular flexibility index (Phi) is 11.4. The van der Waals surface area contributed by atoms with Crippen molar-refractivity contribution in [1.29, 1.82) is 0 Å². The Labute approximate surface area is 163 Å². The van der Waals surface area contributed by atoms with Gasteiger partial charge in [-0.25, -0.2) is 0 Å². The Morgan fingerprint density at radius 1 is 0.741 bits per heavy atom. The van der Waals surface area contributed by atoms with Gasteiger partial charge in [0.15, 0.2) is 5.79 Å². The van der Waals surface area contributed by atoms with Crippen molar-refractivity contribution in [2.75, 3.05) is 39.6 Å². The van der Waals surface area contributed by atoms with E-state index in [0.717, 1.165) is 0 Å². The minimum absolute atomic E-state index is 0.335. The van der Waals surface area contributed by atoms with Crippen molar-refractivity contribution in [1.82, 2.24) is 0 Å². The van der Waals surface area contributed by atoms with Crippen LogP contribution in [0.2, 0.25) is 0 Å². The minimum atomic E-state index is -0.780. The third-order valence-electron chi connectivity index (χ3n) is 3.79. The molecule has 1 rings (SSSR count). The molecule has 0 bridgehead atoms. The fourth-order valence-electron chi connectivity index (χ4n) is 2.79. The predicted molar refractivity (Wildman–Crippen MR) is 106 cm³/mol. The standard InChI is InChI=1S/C21H34O6/c1-7-11-22-15-17(24-13-9-3)19-20(27-21(5,6)26-19)18(25-14-10-4)16-23-12-8-2/h7-10,17-20H,1-4,11-16H2,5-6H3. The van der Waals surface area contributed by atoms with Crippen LogP contribution in [-0.2, 0) is 28.4 Å². The number of hydrogen-bond acceptors (Lipinski definition) is 6. The van der Waals surface area contributed by atoms with Crippen molar-refractivity contribution < 1.29 is 28.4 Å². The molecule has 4 atom stereocenters. The molecular weight excluding hydrogens is 348 g/mol. The molecule has 27 heavy (non-hydrogen) atoms. The molecule has 0 radical (unpaired) electrons. The number of hydrogen-bond donors (Lipinski definition) is 0. The molecule has 1 aliphatic heterocycles. The average Bonchev–Trinajstić information content (AvgIpc) is 2.96. The van der Waals surface area contributed by atoms with E-state index < -0.39 is 18.0 Å². The molecule has 6 nitrogen and oxygen atoms in total. The first-order valence-corrected chi connectivity index (χ1v) is 9.17. The van der Waals surface area contributed by atoms with Gasteiger partial charge < -0.3 is 28.4 Å². The van der Waals surface area contributed by atoms with Crippen LogP contribution >= 0.6 is 0 Å². The van der Waals surface area contributed by atoms with Crippen LogP contribution in [0.5, 0.6) is 0 Å². The maximum Gasteiger partial charge on any atom is 0.164 e. The first kappa shape index (κ1) is 23.8. The summed E-state index contributed by atoms with van der Waals surface area (Å²) in [6, 6.07) is 0. The summed E-state index contributed by atoms with van der Waals surface area (Å²) < 4.78 is 35.4. The molecule has 1 saturated heterocycles. The van der Waals surface area contributed by atoms with E-state index in [1.54, 1.807) is 24.3 Å². The molecule has 1 fully saturated rings. The van der Waals surface area contributed by atoms with Gasteiger partial charge in [0, 0.05) is 0 Å². The molecular formula is C21H34O6. The Morgan fingerprint density at radius 2 is 1.11 bits per heavy atom. The summed E-state index contributed by atoms with van der Waals surface area (Å²) in [7, 11) is 0. The van der Waals surface area contributed by atoms with Crippen molar-refractivity contribution in [3.63, 3.8) is 0 Å². The second kappa shape index (κ2) is 13.0. The molecule has 1 heterocycles. The number of ether oxygens (including phenoxy) is 6. The van der Waals surface area contributed by atoms with Crippen LogP contribution in [0.15, 0.2) is 50.6 Å². The third-order valence-corrected chi connectivity index (χ3v) is 3.79. The van der Waals surface area contributed by atoms with E-state index in [1.807, 2.05) is 13.8 Å². The molecule has 0 aliphatic carbocycles. The topological polar surface area (TPSA) is 55.4 Å². The van der Waals surface area contributed by atoms with E-state index in [4.69, 9.17) is 28.4 Å². The molecule has 1 aliphatic rings. The maximum atomic E-state index is 6.15. The SMILES string of the molecule is C=CCOCC(OCC=C)C1OC(C)(C)OC1C(COCC=C)OCC=C. The monoisotopic (exact) mass is 382 g/mol. The van der Waals surface area contributed by atoms with Gasteiger partial charge in [0.05, 0.1) is 39.6 Å². The van der Waals surface area contributed by atoms with E-state index in [1.165, 1.54) is 0 Å². The lowest BCUT2D eigenvalue weighted by Crippen LogP contribution is -2.48. The summed E-state index contributed by atoms with van der Waals surface area (Å²) >= 11 is 0. The second-order valence-electron chi connectivity index (χ2n) is 6.54. The van der Waals surface area contributed by atoms with E-state index in [2.05, 4.69) is 26.3 Å². The van der Waals surface area contributed by atoms with E-state index in [0.29, 0.717) is 39.6 Å². The van der Waals surface area contributed by atoms with Crippen LogP contribution in [0.3, 0.4) is 0 Å². The zero-order valence-corrected chi connectivity index (χ0v) is 16.6. The van der Waals surface area contributed by atoms with Gasteiger partial charge >= 0.3 is 0 Å². The van der Waals surface area contributed by atoms with E-state index in [9.17, 15) is 0 Å². The van der Waals surface area contributed by atoms with Crippen molar-refractivity contribution in [2.24, 2.45) is 0 Å². The molecule has 0 amide bonds. The largest absolute Gasteiger partial charge is 0.375 e. The molecule has 6 heteroatoms. The summed E-state index contributed by atoms with van der Waals surface area (Å²) in [5, 5.41) is 0. The quantitative estimate of drug-likeness (QED) is 0.302. The highest BCUT2D eigenvalue weighted by Crippen LogP contribution is 2.34. The lowest BCUT2D eigenvalue weighted by atomic mass is 10.0. The highest BCUT2D eigenvalue weighted by Gasteiger charge is 2.49. The van der Waals surface area contributed by atoms with Gasteiger partial charge in [0.2, 0.25) is 0 Å². The Morgan fingerprint density at radius 3 is 1.44 bits per heavy atom. The molecule has 0 aromatic carbocycles. The van der Waals surface area contributed by atoms with Gasteiger partial charge in [-0.05, 0) is 13.8 Å². The lowest BCUT2D eigenvalue weighted by Gasteiger charge is -2.30. The van der Waals surface area contributed by atoms with Crippen LogP contribution in [0.1, 0.15) is 13.8 Å².